The van der Waals surface area contributed by atoms with Crippen LogP contribution in [0.2, 0.25) is 0 Å². The van der Waals surface area contributed by atoms with Crippen molar-refractivity contribution in [2.24, 2.45) is 0 Å². The lowest BCUT2D eigenvalue weighted by atomic mass is 10.1. The Hall–Kier alpha value is -2.18. The Balaban J connectivity index is 1.63. The SMILES string of the molecule is CCN(CC)C(=O)c1cccc(NC(=O)CN2CCCC2c2cccs2)c1. The first-order valence-electron chi connectivity index (χ1n) is 9.59. The molecular formula is C21H27N3O2S. The minimum atomic E-state index is -0.0362. The average Bonchev–Trinajstić information content (AvgIpc) is 3.34. The zero-order valence-electron chi connectivity index (χ0n) is 16.0. The summed E-state index contributed by atoms with van der Waals surface area (Å²) in [6.07, 6.45) is 2.21. The van der Waals surface area contributed by atoms with E-state index < -0.39 is 0 Å². The Morgan fingerprint density at radius 3 is 2.74 bits per heavy atom. The monoisotopic (exact) mass is 385 g/mol. The van der Waals surface area contributed by atoms with Crippen LogP contribution in [0.4, 0.5) is 5.69 Å². The summed E-state index contributed by atoms with van der Waals surface area (Å²) in [4.78, 5) is 30.4. The molecule has 2 aromatic rings. The molecule has 1 aliphatic heterocycles. The molecule has 5 nitrogen and oxygen atoms in total. The lowest BCUT2D eigenvalue weighted by Gasteiger charge is -2.23. The number of rotatable bonds is 7. The van der Waals surface area contributed by atoms with E-state index in [0.717, 1.165) is 19.4 Å². The lowest BCUT2D eigenvalue weighted by molar-refractivity contribution is -0.117. The van der Waals surface area contributed by atoms with Gasteiger partial charge in [-0.05, 0) is 62.9 Å². The van der Waals surface area contributed by atoms with Crippen LogP contribution in [0, 0.1) is 0 Å². The molecule has 1 aromatic heterocycles. The highest BCUT2D eigenvalue weighted by atomic mass is 32.1. The van der Waals surface area contributed by atoms with Gasteiger partial charge >= 0.3 is 0 Å². The molecule has 27 heavy (non-hydrogen) atoms. The van der Waals surface area contributed by atoms with E-state index in [1.807, 2.05) is 26.0 Å². The van der Waals surface area contributed by atoms with Crippen molar-refractivity contribution in [2.45, 2.75) is 32.7 Å². The van der Waals surface area contributed by atoms with Gasteiger partial charge < -0.3 is 10.2 Å². The zero-order chi connectivity index (χ0) is 19.2. The molecule has 2 amide bonds. The van der Waals surface area contributed by atoms with Crippen LogP contribution in [0.25, 0.3) is 0 Å². The Bertz CT molecular complexity index is 771. The van der Waals surface area contributed by atoms with E-state index in [-0.39, 0.29) is 11.8 Å². The van der Waals surface area contributed by atoms with Gasteiger partial charge in [0.15, 0.2) is 0 Å². The summed E-state index contributed by atoms with van der Waals surface area (Å²) in [7, 11) is 0. The Kier molecular flexibility index (Phi) is 6.63. The molecule has 1 aliphatic rings. The van der Waals surface area contributed by atoms with Crippen LogP contribution in [0.5, 0.6) is 0 Å². The second kappa shape index (κ2) is 9.15. The van der Waals surface area contributed by atoms with Crippen LogP contribution in [-0.4, -0.2) is 47.8 Å². The highest BCUT2D eigenvalue weighted by Crippen LogP contribution is 2.34. The van der Waals surface area contributed by atoms with Gasteiger partial charge in [-0.15, -0.1) is 11.3 Å². The number of nitrogens with one attached hydrogen (secondary N) is 1. The minimum Gasteiger partial charge on any atom is -0.339 e. The van der Waals surface area contributed by atoms with Gasteiger partial charge in [-0.25, -0.2) is 0 Å². The van der Waals surface area contributed by atoms with Crippen molar-refractivity contribution in [3.05, 3.63) is 52.2 Å². The first-order chi connectivity index (χ1) is 13.1. The molecule has 1 atom stereocenters. The summed E-state index contributed by atoms with van der Waals surface area (Å²) in [5, 5.41) is 5.04. The molecule has 1 fully saturated rings. The third-order valence-corrected chi connectivity index (χ3v) is 6.00. The molecule has 6 heteroatoms. The summed E-state index contributed by atoms with van der Waals surface area (Å²) in [5.41, 5.74) is 1.28. The number of likely N-dealkylation sites (tertiary alicyclic amines) is 1. The molecule has 0 bridgehead atoms. The van der Waals surface area contributed by atoms with Gasteiger partial charge in [0.05, 0.1) is 6.54 Å². The molecule has 3 rings (SSSR count). The molecule has 1 aromatic carbocycles. The Labute approximate surface area is 165 Å². The lowest BCUT2D eigenvalue weighted by Crippen LogP contribution is -2.33. The predicted molar refractivity (Wildman–Crippen MR) is 110 cm³/mol. The Morgan fingerprint density at radius 2 is 2.04 bits per heavy atom. The number of carbonyl (C=O) groups excluding carboxylic acids is 2. The van der Waals surface area contributed by atoms with Crippen molar-refractivity contribution < 1.29 is 9.59 Å². The van der Waals surface area contributed by atoms with Gasteiger partial charge in [0.25, 0.3) is 5.91 Å². The van der Waals surface area contributed by atoms with Crippen LogP contribution < -0.4 is 5.32 Å². The van der Waals surface area contributed by atoms with Crippen LogP contribution in [0.3, 0.4) is 0 Å². The van der Waals surface area contributed by atoms with E-state index in [9.17, 15) is 9.59 Å². The third kappa shape index (κ3) is 4.76. The highest BCUT2D eigenvalue weighted by molar-refractivity contribution is 7.10. The number of hydrogen-bond acceptors (Lipinski definition) is 4. The number of carbonyl (C=O) groups is 2. The fourth-order valence-corrected chi connectivity index (χ4v) is 4.52. The molecule has 0 spiro atoms. The van der Waals surface area contributed by atoms with Crippen molar-refractivity contribution in [1.82, 2.24) is 9.80 Å². The van der Waals surface area contributed by atoms with Gasteiger partial charge in [-0.1, -0.05) is 12.1 Å². The van der Waals surface area contributed by atoms with Gasteiger partial charge in [-0.3, -0.25) is 14.5 Å². The van der Waals surface area contributed by atoms with Crippen molar-refractivity contribution in [1.29, 1.82) is 0 Å². The number of anilines is 1. The van der Waals surface area contributed by atoms with Crippen LogP contribution >= 0.6 is 11.3 Å². The molecule has 144 valence electrons. The largest absolute Gasteiger partial charge is 0.339 e. The summed E-state index contributed by atoms with van der Waals surface area (Å²) >= 11 is 1.75. The predicted octanol–water partition coefficient (Wildman–Crippen LogP) is 4.01. The summed E-state index contributed by atoms with van der Waals surface area (Å²) in [5.74, 6) is -0.0423. The summed E-state index contributed by atoms with van der Waals surface area (Å²) < 4.78 is 0. The van der Waals surface area contributed by atoms with Crippen molar-refractivity contribution in [3.63, 3.8) is 0 Å². The first kappa shape index (κ1) is 19.6. The molecule has 0 radical (unpaired) electrons. The van der Waals surface area contributed by atoms with E-state index in [2.05, 4.69) is 27.7 Å². The van der Waals surface area contributed by atoms with Crippen molar-refractivity contribution >= 4 is 28.8 Å². The molecule has 1 N–H and O–H groups in total. The van der Waals surface area contributed by atoms with Crippen LogP contribution in [-0.2, 0) is 4.79 Å². The number of amides is 2. The maximum Gasteiger partial charge on any atom is 0.253 e. The number of nitrogens with zero attached hydrogens (tertiary/aromatic N) is 2. The normalized spacial score (nSPS) is 17.0. The Morgan fingerprint density at radius 1 is 1.22 bits per heavy atom. The number of hydrogen-bond donors (Lipinski definition) is 1. The zero-order valence-corrected chi connectivity index (χ0v) is 16.8. The summed E-state index contributed by atoms with van der Waals surface area (Å²) in [6, 6.07) is 11.8. The second-order valence-electron chi connectivity index (χ2n) is 6.75. The highest BCUT2D eigenvalue weighted by Gasteiger charge is 2.28. The maximum absolute atomic E-state index is 12.6. The number of thiophene rings is 1. The quantitative estimate of drug-likeness (QED) is 0.784. The van der Waals surface area contributed by atoms with Gasteiger partial charge in [0.1, 0.15) is 0 Å². The van der Waals surface area contributed by atoms with E-state index in [1.54, 1.807) is 28.4 Å². The van der Waals surface area contributed by atoms with Gasteiger partial charge in [0, 0.05) is 35.3 Å². The van der Waals surface area contributed by atoms with E-state index in [0.29, 0.717) is 36.9 Å². The molecule has 1 saturated heterocycles. The van der Waals surface area contributed by atoms with Gasteiger partial charge in [-0.2, -0.15) is 0 Å². The maximum atomic E-state index is 12.6. The van der Waals surface area contributed by atoms with Gasteiger partial charge in [0.2, 0.25) is 5.91 Å². The van der Waals surface area contributed by atoms with E-state index in [1.165, 1.54) is 4.88 Å². The van der Waals surface area contributed by atoms with Crippen molar-refractivity contribution in [3.8, 4) is 0 Å². The fourth-order valence-electron chi connectivity index (χ4n) is 3.63. The van der Waals surface area contributed by atoms with E-state index in [4.69, 9.17) is 0 Å². The molecule has 1 unspecified atom stereocenters. The smallest absolute Gasteiger partial charge is 0.253 e. The standard InChI is InChI=1S/C21H27N3O2S/c1-3-23(4-2)21(26)16-8-5-9-17(14-16)22-20(25)15-24-12-6-10-18(24)19-11-7-13-27-19/h5,7-9,11,13-14,18H,3-4,6,10,12,15H2,1-2H3,(H,22,25). The van der Waals surface area contributed by atoms with Crippen molar-refractivity contribution in [2.75, 3.05) is 31.5 Å². The molecule has 2 heterocycles. The van der Waals surface area contributed by atoms with Crippen LogP contribution in [0.1, 0.15) is 48.0 Å². The van der Waals surface area contributed by atoms with Crippen LogP contribution in [0.15, 0.2) is 41.8 Å². The number of benzene rings is 1. The van der Waals surface area contributed by atoms with E-state index >= 15 is 0 Å². The second-order valence-corrected chi connectivity index (χ2v) is 7.73. The molecule has 0 saturated carbocycles. The minimum absolute atomic E-state index is 0.00611. The molecule has 0 aliphatic carbocycles. The topological polar surface area (TPSA) is 52.7 Å². The average molecular weight is 386 g/mol. The first-order valence-corrected chi connectivity index (χ1v) is 10.5. The summed E-state index contributed by atoms with van der Waals surface area (Å²) in [6.45, 7) is 6.59. The third-order valence-electron chi connectivity index (χ3n) is 5.03. The fraction of sp³-hybridized carbons (Fsp3) is 0.429. The molecular weight excluding hydrogens is 358 g/mol.